The fraction of sp³-hybridized carbons (Fsp3) is 0.467. The third-order valence-corrected chi connectivity index (χ3v) is 2.81. The number of hydrogen-bond donors (Lipinski definition) is 1. The van der Waals surface area contributed by atoms with E-state index in [4.69, 9.17) is 15.2 Å². The van der Waals surface area contributed by atoms with Crippen molar-refractivity contribution in [2.24, 2.45) is 5.73 Å². The number of benzene rings is 1. The van der Waals surface area contributed by atoms with E-state index >= 15 is 0 Å². The summed E-state index contributed by atoms with van der Waals surface area (Å²) in [4.78, 5) is 0. The van der Waals surface area contributed by atoms with Crippen molar-refractivity contribution in [3.8, 4) is 11.5 Å². The molecular weight excluding hydrogens is 245 g/mol. The van der Waals surface area contributed by atoms with E-state index in [0.29, 0.717) is 17.2 Å². The summed E-state index contributed by atoms with van der Waals surface area (Å²) in [5.41, 5.74) is 8.36. The lowest BCUT2D eigenvalue weighted by atomic mass is 10.0. The van der Waals surface area contributed by atoms with Gasteiger partial charge in [0.2, 0.25) is 0 Å². The zero-order chi connectivity index (χ0) is 14.3. The molecule has 0 saturated carbocycles. The second-order valence-corrected chi connectivity index (χ2v) is 4.49. The predicted molar refractivity (Wildman–Crippen MR) is 75.5 cm³/mol. The van der Waals surface area contributed by atoms with Gasteiger partial charge in [0.25, 0.3) is 0 Å². The molecular formula is C15H22FNO2. The summed E-state index contributed by atoms with van der Waals surface area (Å²) in [5.74, 6) is 1.27. The van der Waals surface area contributed by atoms with Gasteiger partial charge in [-0.05, 0) is 43.4 Å². The van der Waals surface area contributed by atoms with Crippen LogP contribution < -0.4 is 15.2 Å². The molecule has 0 aromatic heterocycles. The third-order valence-electron chi connectivity index (χ3n) is 2.81. The summed E-state index contributed by atoms with van der Waals surface area (Å²) in [6.07, 6.45) is 2.65. The highest BCUT2D eigenvalue weighted by Gasteiger charge is 2.10. The van der Waals surface area contributed by atoms with Crippen LogP contribution in [-0.2, 0) is 6.42 Å². The number of halogens is 1. The topological polar surface area (TPSA) is 44.5 Å². The number of methoxy groups -OCH3 is 1. The molecule has 2 N–H and O–H groups in total. The van der Waals surface area contributed by atoms with Crippen LogP contribution in [-0.4, -0.2) is 20.4 Å². The molecule has 0 aliphatic heterocycles. The molecule has 0 fully saturated rings. The maximum absolute atomic E-state index is 12.2. The highest BCUT2D eigenvalue weighted by atomic mass is 19.1. The lowest BCUT2D eigenvalue weighted by Gasteiger charge is -2.14. The van der Waals surface area contributed by atoms with Crippen LogP contribution in [0.1, 0.15) is 24.0 Å². The Kier molecular flexibility index (Phi) is 6.19. The minimum absolute atomic E-state index is 0.0452. The lowest BCUT2D eigenvalue weighted by molar-refractivity contribution is 0.258. The molecule has 19 heavy (non-hydrogen) atoms. The van der Waals surface area contributed by atoms with Gasteiger partial charge in [-0.2, -0.15) is 0 Å². The average molecular weight is 267 g/mol. The summed E-state index contributed by atoms with van der Waals surface area (Å²) < 4.78 is 22.9. The molecule has 0 spiro atoms. The van der Waals surface area contributed by atoms with Gasteiger partial charge in [0.05, 0.1) is 7.11 Å². The lowest BCUT2D eigenvalue weighted by Crippen LogP contribution is -2.03. The Labute approximate surface area is 114 Å². The van der Waals surface area contributed by atoms with Gasteiger partial charge in [-0.25, -0.2) is 4.39 Å². The van der Waals surface area contributed by atoms with Gasteiger partial charge in [0.15, 0.2) is 11.5 Å². The Hall–Kier alpha value is -1.71. The van der Waals surface area contributed by atoms with Crippen molar-refractivity contribution in [2.75, 3.05) is 20.4 Å². The van der Waals surface area contributed by atoms with Crippen molar-refractivity contribution in [1.82, 2.24) is 0 Å². The molecule has 3 nitrogen and oxygen atoms in total. The Morgan fingerprint density at radius 2 is 2.16 bits per heavy atom. The van der Waals surface area contributed by atoms with Crippen LogP contribution in [0.5, 0.6) is 11.5 Å². The smallest absolute Gasteiger partial charge is 0.164 e. The fourth-order valence-corrected chi connectivity index (χ4v) is 1.95. The van der Waals surface area contributed by atoms with Gasteiger partial charge in [0.1, 0.15) is 13.3 Å². The normalized spacial score (nSPS) is 10.3. The first-order valence-corrected chi connectivity index (χ1v) is 6.38. The number of alkyl halides is 1. The predicted octanol–water partition coefficient (Wildman–Crippen LogP) is 3.15. The Morgan fingerprint density at radius 1 is 1.42 bits per heavy atom. The van der Waals surface area contributed by atoms with Crippen molar-refractivity contribution < 1.29 is 13.9 Å². The number of nitrogens with two attached hydrogens (primary N) is 1. The zero-order valence-electron chi connectivity index (χ0n) is 11.7. The van der Waals surface area contributed by atoms with Crippen molar-refractivity contribution in [3.05, 3.63) is 35.5 Å². The van der Waals surface area contributed by atoms with E-state index < -0.39 is 6.67 Å². The Morgan fingerprint density at radius 3 is 2.74 bits per heavy atom. The van der Waals surface area contributed by atoms with Crippen molar-refractivity contribution in [2.45, 2.75) is 26.2 Å². The first-order chi connectivity index (χ1) is 9.08. The Bertz CT molecular complexity index is 432. The molecule has 0 aliphatic rings. The van der Waals surface area contributed by atoms with Gasteiger partial charge in [-0.3, -0.25) is 0 Å². The molecule has 0 unspecified atom stereocenters. The molecule has 0 saturated heterocycles. The average Bonchev–Trinajstić information content (AvgIpc) is 2.36. The quantitative estimate of drug-likeness (QED) is 0.787. The number of ether oxygens (including phenoxy) is 2. The zero-order valence-corrected chi connectivity index (χ0v) is 11.7. The van der Waals surface area contributed by atoms with E-state index in [2.05, 4.69) is 6.58 Å². The first kappa shape index (κ1) is 15.3. The van der Waals surface area contributed by atoms with Gasteiger partial charge < -0.3 is 15.2 Å². The van der Waals surface area contributed by atoms with E-state index in [1.807, 2.05) is 19.1 Å². The molecule has 0 aliphatic carbocycles. The molecule has 0 atom stereocenters. The van der Waals surface area contributed by atoms with Crippen LogP contribution in [0.25, 0.3) is 0 Å². The van der Waals surface area contributed by atoms with Crippen LogP contribution in [0.15, 0.2) is 24.4 Å². The summed E-state index contributed by atoms with van der Waals surface area (Å²) in [5, 5.41) is 0. The molecule has 1 rings (SSSR count). The first-order valence-electron chi connectivity index (χ1n) is 6.38. The molecule has 0 radical (unpaired) electrons. The van der Waals surface area contributed by atoms with Crippen molar-refractivity contribution in [3.63, 3.8) is 0 Å². The number of allylic oxidation sites excluding steroid dienone is 1. The molecule has 0 amide bonds. The van der Waals surface area contributed by atoms with E-state index in [-0.39, 0.29) is 6.61 Å². The number of rotatable bonds is 8. The standard InChI is InChI=1S/C15H22FNO2/c1-11-9-13(6-4-5-12(2)17)10-14(18-3)15(11)19-8-7-16/h9-10H,2,4-8,17H2,1,3H3. The highest BCUT2D eigenvalue weighted by molar-refractivity contribution is 5.49. The van der Waals surface area contributed by atoms with Crippen LogP contribution >= 0.6 is 0 Å². The minimum Gasteiger partial charge on any atom is -0.493 e. The molecule has 4 heteroatoms. The highest BCUT2D eigenvalue weighted by Crippen LogP contribution is 2.32. The molecule has 0 bridgehead atoms. The molecule has 0 heterocycles. The van der Waals surface area contributed by atoms with Gasteiger partial charge in [-0.15, -0.1) is 0 Å². The maximum atomic E-state index is 12.2. The largest absolute Gasteiger partial charge is 0.493 e. The van der Waals surface area contributed by atoms with E-state index in [9.17, 15) is 4.39 Å². The second-order valence-electron chi connectivity index (χ2n) is 4.49. The van der Waals surface area contributed by atoms with Crippen LogP contribution in [0, 0.1) is 6.92 Å². The number of hydrogen-bond acceptors (Lipinski definition) is 3. The van der Waals surface area contributed by atoms with Crippen molar-refractivity contribution in [1.29, 1.82) is 0 Å². The van der Waals surface area contributed by atoms with Gasteiger partial charge in [0, 0.05) is 5.70 Å². The van der Waals surface area contributed by atoms with E-state index in [0.717, 1.165) is 30.4 Å². The van der Waals surface area contributed by atoms with Crippen LogP contribution in [0.4, 0.5) is 4.39 Å². The van der Waals surface area contributed by atoms with E-state index in [1.54, 1.807) is 7.11 Å². The monoisotopic (exact) mass is 267 g/mol. The van der Waals surface area contributed by atoms with Gasteiger partial charge in [-0.1, -0.05) is 12.6 Å². The summed E-state index contributed by atoms with van der Waals surface area (Å²) in [7, 11) is 1.59. The molecule has 1 aromatic rings. The van der Waals surface area contributed by atoms with Crippen LogP contribution in [0.3, 0.4) is 0 Å². The third kappa shape index (κ3) is 4.81. The molecule has 106 valence electrons. The van der Waals surface area contributed by atoms with Crippen molar-refractivity contribution >= 4 is 0 Å². The maximum Gasteiger partial charge on any atom is 0.164 e. The van der Waals surface area contributed by atoms with Gasteiger partial charge >= 0.3 is 0 Å². The second kappa shape index (κ2) is 7.67. The number of aryl methyl sites for hydroxylation is 2. The summed E-state index contributed by atoms with van der Waals surface area (Å²) in [6, 6.07) is 3.97. The fourth-order valence-electron chi connectivity index (χ4n) is 1.95. The Balaban J connectivity index is 2.80. The SMILES string of the molecule is C=C(N)CCCc1cc(C)c(OCCF)c(OC)c1. The summed E-state index contributed by atoms with van der Waals surface area (Å²) >= 11 is 0. The van der Waals surface area contributed by atoms with Crippen LogP contribution in [0.2, 0.25) is 0 Å². The minimum atomic E-state index is -0.511. The summed E-state index contributed by atoms with van der Waals surface area (Å²) in [6.45, 7) is 5.15. The van der Waals surface area contributed by atoms with E-state index in [1.165, 1.54) is 0 Å². The molecule has 1 aromatic carbocycles.